The summed E-state index contributed by atoms with van der Waals surface area (Å²) in [6, 6.07) is 9.45. The van der Waals surface area contributed by atoms with Crippen molar-refractivity contribution in [2.75, 3.05) is 6.54 Å². The summed E-state index contributed by atoms with van der Waals surface area (Å²) in [7, 11) is 0. The number of nitrogens with one attached hydrogen (secondary N) is 1. The molecule has 1 heterocycles. The summed E-state index contributed by atoms with van der Waals surface area (Å²) in [6.07, 6.45) is 5.55. The molecule has 0 bridgehead atoms. The van der Waals surface area contributed by atoms with E-state index in [1.54, 1.807) is 22.5 Å². The van der Waals surface area contributed by atoms with Crippen LogP contribution in [0.3, 0.4) is 0 Å². The Hall–Kier alpha value is -1.19. The monoisotopic (exact) mass is 272 g/mol. The van der Waals surface area contributed by atoms with Crippen LogP contribution in [0.2, 0.25) is 0 Å². The number of benzene rings is 1. The molecule has 0 saturated heterocycles. The van der Waals surface area contributed by atoms with Gasteiger partial charge in [-0.1, -0.05) is 31.2 Å². The molecule has 1 aliphatic carbocycles. The highest BCUT2D eigenvalue weighted by atomic mass is 32.1. The van der Waals surface area contributed by atoms with Crippen LogP contribution in [0.1, 0.15) is 22.9 Å². The summed E-state index contributed by atoms with van der Waals surface area (Å²) >= 11 is 1.77. The van der Waals surface area contributed by atoms with Crippen molar-refractivity contribution < 1.29 is 0 Å². The van der Waals surface area contributed by atoms with Gasteiger partial charge in [-0.2, -0.15) is 0 Å². The maximum absolute atomic E-state index is 4.19. The summed E-state index contributed by atoms with van der Waals surface area (Å²) in [5.74, 6) is 0.722. The van der Waals surface area contributed by atoms with Gasteiger partial charge >= 0.3 is 0 Å². The number of fused-ring (bicyclic) bond motifs is 1. The van der Waals surface area contributed by atoms with Gasteiger partial charge in [0.2, 0.25) is 0 Å². The Kier molecular flexibility index (Phi) is 3.95. The summed E-state index contributed by atoms with van der Waals surface area (Å²) in [5, 5.41) is 3.68. The molecule has 1 aromatic carbocycles. The van der Waals surface area contributed by atoms with Crippen molar-refractivity contribution in [3.05, 3.63) is 52.0 Å². The summed E-state index contributed by atoms with van der Waals surface area (Å²) in [6.45, 7) is 3.23. The largest absolute Gasteiger partial charge is 0.314 e. The third-order valence-electron chi connectivity index (χ3n) is 4.02. The van der Waals surface area contributed by atoms with Gasteiger partial charge in [-0.3, -0.25) is 4.98 Å². The molecule has 0 saturated carbocycles. The molecule has 1 atom stereocenters. The van der Waals surface area contributed by atoms with Gasteiger partial charge in [0, 0.05) is 17.1 Å². The lowest BCUT2D eigenvalue weighted by Crippen LogP contribution is -2.38. The molecule has 0 amide bonds. The number of hydrogen-bond donors (Lipinski definition) is 1. The van der Waals surface area contributed by atoms with Crippen molar-refractivity contribution in [1.29, 1.82) is 0 Å². The van der Waals surface area contributed by atoms with Crippen LogP contribution in [-0.4, -0.2) is 17.6 Å². The molecule has 1 aliphatic rings. The van der Waals surface area contributed by atoms with E-state index in [4.69, 9.17) is 0 Å². The lowest BCUT2D eigenvalue weighted by molar-refractivity contribution is 0.369. The fourth-order valence-corrected chi connectivity index (χ4v) is 3.76. The Labute approximate surface area is 118 Å². The Morgan fingerprint density at radius 3 is 2.63 bits per heavy atom. The van der Waals surface area contributed by atoms with Gasteiger partial charge in [-0.25, -0.2) is 0 Å². The molecule has 2 aromatic rings. The smallest absolute Gasteiger partial charge is 0.0794 e. The summed E-state index contributed by atoms with van der Waals surface area (Å²) < 4.78 is 0. The van der Waals surface area contributed by atoms with Crippen LogP contribution >= 0.6 is 11.3 Å². The number of rotatable bonds is 5. The van der Waals surface area contributed by atoms with Crippen LogP contribution in [0.15, 0.2) is 36.0 Å². The van der Waals surface area contributed by atoms with E-state index in [2.05, 4.69) is 41.5 Å². The lowest BCUT2D eigenvalue weighted by atomic mass is 9.93. The van der Waals surface area contributed by atoms with Crippen molar-refractivity contribution in [1.82, 2.24) is 10.3 Å². The average molecular weight is 272 g/mol. The first-order chi connectivity index (χ1) is 9.36. The summed E-state index contributed by atoms with van der Waals surface area (Å²) in [4.78, 5) is 5.58. The minimum atomic E-state index is 0.567. The molecule has 0 radical (unpaired) electrons. The number of aromatic nitrogens is 1. The zero-order chi connectivity index (χ0) is 13.1. The Morgan fingerprint density at radius 1 is 1.32 bits per heavy atom. The summed E-state index contributed by atoms with van der Waals surface area (Å²) in [5.41, 5.74) is 5.02. The minimum absolute atomic E-state index is 0.567. The van der Waals surface area contributed by atoms with Crippen molar-refractivity contribution >= 4 is 11.3 Å². The van der Waals surface area contributed by atoms with Gasteiger partial charge in [-0.05, 0) is 42.9 Å². The number of nitrogens with zero attached hydrogens (tertiary/aromatic N) is 1. The van der Waals surface area contributed by atoms with E-state index in [0.717, 1.165) is 18.9 Å². The van der Waals surface area contributed by atoms with E-state index >= 15 is 0 Å². The molecule has 0 spiro atoms. The molecular formula is C16H20N2S. The molecule has 0 fully saturated rings. The van der Waals surface area contributed by atoms with Crippen LogP contribution in [0.5, 0.6) is 0 Å². The molecule has 1 N–H and O–H groups in total. The van der Waals surface area contributed by atoms with E-state index in [0.29, 0.717) is 6.04 Å². The van der Waals surface area contributed by atoms with Gasteiger partial charge in [0.25, 0.3) is 0 Å². The normalized spacial score (nSPS) is 16.5. The first kappa shape index (κ1) is 12.8. The van der Waals surface area contributed by atoms with Gasteiger partial charge in [0.15, 0.2) is 0 Å². The molecular weight excluding hydrogens is 252 g/mol. The standard InChI is InChI=1S/C16H20N2S/c1-2-18-16(9-15-10-17-11-19-15)14-7-12-5-3-4-6-13(12)8-14/h3-6,10-11,14,16,18H,2,7-9H2,1H3. The average Bonchev–Trinajstić information content (AvgIpc) is 3.06. The highest BCUT2D eigenvalue weighted by Gasteiger charge is 2.28. The zero-order valence-corrected chi connectivity index (χ0v) is 12.1. The van der Waals surface area contributed by atoms with Crippen LogP contribution in [0.25, 0.3) is 0 Å². The lowest BCUT2D eigenvalue weighted by Gasteiger charge is -2.23. The second kappa shape index (κ2) is 5.85. The molecule has 2 nitrogen and oxygen atoms in total. The SMILES string of the molecule is CCNC(Cc1cncs1)C1Cc2ccccc2C1. The zero-order valence-electron chi connectivity index (χ0n) is 11.3. The second-order valence-corrected chi connectivity index (χ2v) is 6.24. The third kappa shape index (κ3) is 2.88. The third-order valence-corrected chi connectivity index (χ3v) is 4.82. The number of hydrogen-bond acceptors (Lipinski definition) is 3. The molecule has 1 aromatic heterocycles. The van der Waals surface area contributed by atoms with Crippen molar-refractivity contribution in [2.45, 2.75) is 32.2 Å². The molecule has 3 heteroatoms. The van der Waals surface area contributed by atoms with Crippen LogP contribution in [0.4, 0.5) is 0 Å². The van der Waals surface area contributed by atoms with Crippen molar-refractivity contribution in [2.24, 2.45) is 5.92 Å². The van der Waals surface area contributed by atoms with Crippen molar-refractivity contribution in [3.63, 3.8) is 0 Å². The van der Waals surface area contributed by atoms with E-state index in [1.165, 1.54) is 17.7 Å². The fraction of sp³-hybridized carbons (Fsp3) is 0.438. The Bertz CT molecular complexity index is 496. The van der Waals surface area contributed by atoms with Crippen LogP contribution < -0.4 is 5.32 Å². The molecule has 1 unspecified atom stereocenters. The van der Waals surface area contributed by atoms with Gasteiger partial charge in [0.1, 0.15) is 0 Å². The second-order valence-electron chi connectivity index (χ2n) is 5.27. The van der Waals surface area contributed by atoms with Crippen LogP contribution in [0, 0.1) is 5.92 Å². The maximum Gasteiger partial charge on any atom is 0.0794 e. The van der Waals surface area contributed by atoms with Gasteiger partial charge < -0.3 is 5.32 Å². The van der Waals surface area contributed by atoms with Crippen molar-refractivity contribution in [3.8, 4) is 0 Å². The highest BCUT2D eigenvalue weighted by Crippen LogP contribution is 2.30. The highest BCUT2D eigenvalue weighted by molar-refractivity contribution is 7.09. The van der Waals surface area contributed by atoms with E-state index < -0.39 is 0 Å². The van der Waals surface area contributed by atoms with Gasteiger partial charge in [-0.15, -0.1) is 11.3 Å². The quantitative estimate of drug-likeness (QED) is 0.905. The van der Waals surface area contributed by atoms with E-state index in [-0.39, 0.29) is 0 Å². The Morgan fingerprint density at radius 2 is 2.05 bits per heavy atom. The topological polar surface area (TPSA) is 24.9 Å². The molecule has 3 rings (SSSR count). The predicted octanol–water partition coefficient (Wildman–Crippen LogP) is 3.08. The molecule has 0 aliphatic heterocycles. The molecule has 19 heavy (non-hydrogen) atoms. The van der Waals surface area contributed by atoms with E-state index in [1.807, 2.05) is 11.7 Å². The van der Waals surface area contributed by atoms with E-state index in [9.17, 15) is 0 Å². The fourth-order valence-electron chi connectivity index (χ4n) is 3.10. The number of likely N-dealkylation sites (N-methyl/N-ethyl adjacent to an activating group) is 1. The number of thiazole rings is 1. The van der Waals surface area contributed by atoms with Gasteiger partial charge in [0.05, 0.1) is 5.51 Å². The molecule has 100 valence electrons. The maximum atomic E-state index is 4.19. The predicted molar refractivity (Wildman–Crippen MR) is 80.6 cm³/mol. The Balaban J connectivity index is 1.72. The first-order valence-electron chi connectivity index (χ1n) is 7.04. The first-order valence-corrected chi connectivity index (χ1v) is 7.92. The van der Waals surface area contributed by atoms with Crippen LogP contribution in [-0.2, 0) is 19.3 Å². The minimum Gasteiger partial charge on any atom is -0.314 e.